The van der Waals surface area contributed by atoms with Crippen LogP contribution in [-0.2, 0) is 0 Å². The molecule has 1 aromatic rings. The molecule has 0 aliphatic heterocycles. The van der Waals surface area contributed by atoms with Crippen LogP contribution < -0.4 is 0 Å². The van der Waals surface area contributed by atoms with Crippen molar-refractivity contribution in [3.05, 3.63) is 18.0 Å². The van der Waals surface area contributed by atoms with E-state index in [9.17, 15) is 0 Å². The number of aromatic nitrogens is 2. The number of nitrogens with zero attached hydrogens (tertiary/aromatic N) is 2. The molecule has 1 N–H and O–H groups in total. The standard InChI is InChI=1S/C8H14N2O/c1-7-3-5-9-10(7)8(2)4-6-11/h3,5,8,11H,4,6H2,1-2H3. The number of hydrogen-bond acceptors (Lipinski definition) is 2. The summed E-state index contributed by atoms with van der Waals surface area (Å²) in [4.78, 5) is 0. The van der Waals surface area contributed by atoms with E-state index in [1.54, 1.807) is 6.20 Å². The van der Waals surface area contributed by atoms with Crippen molar-refractivity contribution in [2.24, 2.45) is 0 Å². The van der Waals surface area contributed by atoms with E-state index in [1.807, 2.05) is 17.7 Å². The molecule has 0 aliphatic carbocycles. The molecule has 0 saturated heterocycles. The summed E-state index contributed by atoms with van der Waals surface area (Å²) in [7, 11) is 0. The van der Waals surface area contributed by atoms with Crippen molar-refractivity contribution >= 4 is 0 Å². The lowest BCUT2D eigenvalue weighted by Gasteiger charge is -2.11. The lowest BCUT2D eigenvalue weighted by molar-refractivity contribution is 0.256. The van der Waals surface area contributed by atoms with Gasteiger partial charge in [-0.1, -0.05) is 0 Å². The van der Waals surface area contributed by atoms with Crippen molar-refractivity contribution in [3.63, 3.8) is 0 Å². The van der Waals surface area contributed by atoms with Crippen molar-refractivity contribution in [1.29, 1.82) is 0 Å². The third-order valence-electron chi connectivity index (χ3n) is 1.83. The van der Waals surface area contributed by atoms with Crippen LogP contribution in [0.5, 0.6) is 0 Å². The zero-order valence-electron chi connectivity index (χ0n) is 6.99. The first kappa shape index (κ1) is 8.27. The highest BCUT2D eigenvalue weighted by Gasteiger charge is 2.05. The zero-order valence-corrected chi connectivity index (χ0v) is 6.99. The Balaban J connectivity index is 2.67. The Morgan fingerprint density at radius 1 is 1.73 bits per heavy atom. The van der Waals surface area contributed by atoms with E-state index in [2.05, 4.69) is 12.0 Å². The Bertz CT molecular complexity index is 220. The van der Waals surface area contributed by atoms with Gasteiger partial charge in [0.1, 0.15) is 0 Å². The summed E-state index contributed by atoms with van der Waals surface area (Å²) in [5.74, 6) is 0. The Hall–Kier alpha value is -0.830. The van der Waals surface area contributed by atoms with E-state index < -0.39 is 0 Å². The number of rotatable bonds is 3. The fourth-order valence-corrected chi connectivity index (χ4v) is 1.15. The quantitative estimate of drug-likeness (QED) is 0.708. The predicted octanol–water partition coefficient (Wildman–Crippen LogP) is 1.13. The second-order valence-corrected chi connectivity index (χ2v) is 2.78. The largest absolute Gasteiger partial charge is 0.396 e. The summed E-state index contributed by atoms with van der Waals surface area (Å²) < 4.78 is 1.93. The predicted molar refractivity (Wildman–Crippen MR) is 43.4 cm³/mol. The maximum Gasteiger partial charge on any atom is 0.0515 e. The first-order valence-corrected chi connectivity index (χ1v) is 3.86. The van der Waals surface area contributed by atoms with E-state index in [-0.39, 0.29) is 6.61 Å². The molecule has 0 aliphatic rings. The average molecular weight is 154 g/mol. The molecule has 0 spiro atoms. The molecule has 0 radical (unpaired) electrons. The van der Waals surface area contributed by atoms with Crippen LogP contribution in [0.15, 0.2) is 12.3 Å². The van der Waals surface area contributed by atoms with Gasteiger partial charge >= 0.3 is 0 Å². The van der Waals surface area contributed by atoms with Crippen molar-refractivity contribution in [1.82, 2.24) is 9.78 Å². The first-order chi connectivity index (χ1) is 5.25. The smallest absolute Gasteiger partial charge is 0.0515 e. The van der Waals surface area contributed by atoms with Gasteiger partial charge in [-0.25, -0.2) is 0 Å². The van der Waals surface area contributed by atoms with Crippen LogP contribution in [0.25, 0.3) is 0 Å². The molecule has 62 valence electrons. The molecule has 0 bridgehead atoms. The zero-order chi connectivity index (χ0) is 8.27. The van der Waals surface area contributed by atoms with E-state index in [0.717, 1.165) is 12.1 Å². The normalized spacial score (nSPS) is 13.4. The number of hydrogen-bond donors (Lipinski definition) is 1. The van der Waals surface area contributed by atoms with Crippen LogP contribution in [0.1, 0.15) is 25.1 Å². The van der Waals surface area contributed by atoms with Gasteiger partial charge in [0.15, 0.2) is 0 Å². The van der Waals surface area contributed by atoms with Gasteiger partial charge in [0.2, 0.25) is 0 Å². The monoisotopic (exact) mass is 154 g/mol. The summed E-state index contributed by atoms with van der Waals surface area (Å²) in [6, 6.07) is 2.27. The molecule has 3 heteroatoms. The molecule has 0 fully saturated rings. The summed E-state index contributed by atoms with van der Waals surface area (Å²) in [5.41, 5.74) is 1.14. The minimum Gasteiger partial charge on any atom is -0.396 e. The number of aliphatic hydroxyl groups is 1. The molecular formula is C8H14N2O. The summed E-state index contributed by atoms with van der Waals surface area (Å²) in [5, 5.41) is 12.8. The average Bonchev–Trinajstić information content (AvgIpc) is 2.36. The molecule has 0 saturated carbocycles. The van der Waals surface area contributed by atoms with Gasteiger partial charge < -0.3 is 5.11 Å². The Morgan fingerprint density at radius 3 is 2.91 bits per heavy atom. The van der Waals surface area contributed by atoms with E-state index in [0.29, 0.717) is 6.04 Å². The first-order valence-electron chi connectivity index (χ1n) is 3.86. The number of aliphatic hydroxyl groups excluding tert-OH is 1. The Labute approximate surface area is 66.7 Å². The molecule has 1 heterocycles. The molecule has 1 aromatic heterocycles. The minimum atomic E-state index is 0.223. The topological polar surface area (TPSA) is 38.0 Å². The molecule has 1 unspecified atom stereocenters. The van der Waals surface area contributed by atoms with Gasteiger partial charge in [-0.3, -0.25) is 4.68 Å². The van der Waals surface area contributed by atoms with Crippen LogP contribution in [0.2, 0.25) is 0 Å². The Morgan fingerprint density at radius 2 is 2.45 bits per heavy atom. The van der Waals surface area contributed by atoms with E-state index in [4.69, 9.17) is 5.11 Å². The van der Waals surface area contributed by atoms with Gasteiger partial charge in [0, 0.05) is 18.5 Å². The molecule has 0 amide bonds. The van der Waals surface area contributed by atoms with Crippen LogP contribution >= 0.6 is 0 Å². The van der Waals surface area contributed by atoms with Crippen molar-refractivity contribution in [2.75, 3.05) is 6.61 Å². The van der Waals surface area contributed by atoms with Crippen LogP contribution in [-0.4, -0.2) is 21.5 Å². The van der Waals surface area contributed by atoms with Gasteiger partial charge in [0.25, 0.3) is 0 Å². The second kappa shape index (κ2) is 3.53. The van der Waals surface area contributed by atoms with Crippen molar-refractivity contribution in [2.45, 2.75) is 26.3 Å². The van der Waals surface area contributed by atoms with Gasteiger partial charge in [0.05, 0.1) is 6.04 Å². The molecule has 3 nitrogen and oxygen atoms in total. The van der Waals surface area contributed by atoms with Crippen LogP contribution in [0.3, 0.4) is 0 Å². The van der Waals surface area contributed by atoms with Gasteiger partial charge in [-0.05, 0) is 26.3 Å². The fourth-order valence-electron chi connectivity index (χ4n) is 1.15. The molecular weight excluding hydrogens is 140 g/mol. The summed E-state index contributed by atoms with van der Waals surface area (Å²) in [6.07, 6.45) is 2.55. The maximum atomic E-state index is 8.69. The fraction of sp³-hybridized carbons (Fsp3) is 0.625. The summed E-state index contributed by atoms with van der Waals surface area (Å²) in [6.45, 7) is 4.29. The third-order valence-corrected chi connectivity index (χ3v) is 1.83. The Kier molecular flexibility index (Phi) is 2.65. The van der Waals surface area contributed by atoms with E-state index >= 15 is 0 Å². The SMILES string of the molecule is Cc1ccnn1C(C)CCO. The van der Waals surface area contributed by atoms with Gasteiger partial charge in [-0.2, -0.15) is 5.10 Å². The molecule has 1 rings (SSSR count). The highest BCUT2D eigenvalue weighted by atomic mass is 16.3. The summed E-state index contributed by atoms with van der Waals surface area (Å²) >= 11 is 0. The van der Waals surface area contributed by atoms with E-state index in [1.165, 1.54) is 0 Å². The lowest BCUT2D eigenvalue weighted by atomic mass is 10.2. The minimum absolute atomic E-state index is 0.223. The molecule has 11 heavy (non-hydrogen) atoms. The van der Waals surface area contributed by atoms with Crippen molar-refractivity contribution < 1.29 is 5.11 Å². The van der Waals surface area contributed by atoms with Crippen molar-refractivity contribution in [3.8, 4) is 0 Å². The highest BCUT2D eigenvalue weighted by molar-refractivity contribution is 4.97. The number of aryl methyl sites for hydroxylation is 1. The second-order valence-electron chi connectivity index (χ2n) is 2.78. The van der Waals surface area contributed by atoms with Crippen LogP contribution in [0, 0.1) is 6.92 Å². The van der Waals surface area contributed by atoms with Gasteiger partial charge in [-0.15, -0.1) is 0 Å². The third kappa shape index (κ3) is 1.80. The van der Waals surface area contributed by atoms with Crippen LogP contribution in [0.4, 0.5) is 0 Å². The highest BCUT2D eigenvalue weighted by Crippen LogP contribution is 2.10. The molecule has 1 atom stereocenters. The molecule has 0 aromatic carbocycles. The maximum absolute atomic E-state index is 8.69. The lowest BCUT2D eigenvalue weighted by Crippen LogP contribution is -2.09.